The maximum absolute atomic E-state index is 11.3. The summed E-state index contributed by atoms with van der Waals surface area (Å²) in [4.78, 5) is 22.6. The van der Waals surface area contributed by atoms with E-state index in [0.717, 1.165) is 32.2 Å². The van der Waals surface area contributed by atoms with Crippen molar-refractivity contribution in [2.45, 2.75) is 38.6 Å². The lowest BCUT2D eigenvalue weighted by atomic mass is 10.1. The second-order valence-electron chi connectivity index (χ2n) is 3.94. The molecule has 0 saturated carbocycles. The van der Waals surface area contributed by atoms with Crippen LogP contribution in [0.3, 0.4) is 0 Å². The van der Waals surface area contributed by atoms with Crippen LogP contribution >= 0.6 is 0 Å². The van der Waals surface area contributed by atoms with E-state index in [1.54, 1.807) is 0 Å². The minimum Gasteiger partial charge on any atom is -0.465 e. The molecule has 0 aromatic heterocycles. The summed E-state index contributed by atoms with van der Waals surface area (Å²) in [6, 6.07) is -0.243. The molecule has 1 rings (SSSR count). The van der Waals surface area contributed by atoms with Crippen molar-refractivity contribution in [3.63, 3.8) is 0 Å². The standard InChI is InChI=1S/C11H20N2O3/c1-2-3-7-16-10(14)8-13-9-5-4-6-12-11(9)15/h9,13H,2-8H2,1H3,(H,12,15). The number of nitrogens with one attached hydrogen (secondary N) is 2. The van der Waals surface area contributed by atoms with Crippen LogP contribution in [0.4, 0.5) is 0 Å². The Bertz CT molecular complexity index is 243. The fraction of sp³-hybridized carbons (Fsp3) is 0.818. The Labute approximate surface area is 95.9 Å². The first kappa shape index (κ1) is 13.0. The number of ether oxygens (including phenoxy) is 1. The molecule has 1 fully saturated rings. The molecule has 16 heavy (non-hydrogen) atoms. The van der Waals surface area contributed by atoms with Crippen LogP contribution in [0.5, 0.6) is 0 Å². The molecule has 1 amide bonds. The number of amides is 1. The van der Waals surface area contributed by atoms with E-state index in [-0.39, 0.29) is 24.5 Å². The van der Waals surface area contributed by atoms with E-state index in [0.29, 0.717) is 6.61 Å². The molecular formula is C11H20N2O3. The lowest BCUT2D eigenvalue weighted by molar-refractivity contribution is -0.142. The van der Waals surface area contributed by atoms with Crippen LogP contribution in [0.15, 0.2) is 0 Å². The highest BCUT2D eigenvalue weighted by molar-refractivity contribution is 5.83. The monoisotopic (exact) mass is 228 g/mol. The van der Waals surface area contributed by atoms with Crippen molar-refractivity contribution in [2.24, 2.45) is 0 Å². The summed E-state index contributed by atoms with van der Waals surface area (Å²) in [5, 5.41) is 5.67. The second-order valence-corrected chi connectivity index (χ2v) is 3.94. The van der Waals surface area contributed by atoms with E-state index >= 15 is 0 Å². The average Bonchev–Trinajstić information content (AvgIpc) is 2.28. The Hall–Kier alpha value is -1.10. The Morgan fingerprint density at radius 2 is 2.44 bits per heavy atom. The lowest BCUT2D eigenvalue weighted by Crippen LogP contribution is -2.49. The minimum absolute atomic E-state index is 0.0207. The van der Waals surface area contributed by atoms with E-state index in [1.165, 1.54) is 0 Å². The minimum atomic E-state index is -0.285. The Morgan fingerprint density at radius 3 is 3.12 bits per heavy atom. The smallest absolute Gasteiger partial charge is 0.319 e. The van der Waals surface area contributed by atoms with Gasteiger partial charge in [0.15, 0.2) is 0 Å². The van der Waals surface area contributed by atoms with Gasteiger partial charge in [0.25, 0.3) is 0 Å². The zero-order valence-corrected chi connectivity index (χ0v) is 9.75. The number of hydrogen-bond donors (Lipinski definition) is 2. The van der Waals surface area contributed by atoms with Crippen LogP contribution in [0.1, 0.15) is 32.6 Å². The number of esters is 1. The largest absolute Gasteiger partial charge is 0.465 e. The van der Waals surface area contributed by atoms with Gasteiger partial charge in [-0.3, -0.25) is 14.9 Å². The fourth-order valence-corrected chi connectivity index (χ4v) is 1.55. The van der Waals surface area contributed by atoms with Crippen molar-refractivity contribution in [3.8, 4) is 0 Å². The summed E-state index contributed by atoms with van der Waals surface area (Å²) in [5.41, 5.74) is 0. The number of carbonyl (C=O) groups excluding carboxylic acids is 2. The molecule has 0 aliphatic carbocycles. The predicted octanol–water partition coefficient (Wildman–Crippen LogP) is 0.198. The molecule has 1 aliphatic heterocycles. The first-order chi connectivity index (χ1) is 7.74. The third kappa shape index (κ3) is 4.61. The molecule has 1 atom stereocenters. The Morgan fingerprint density at radius 1 is 1.62 bits per heavy atom. The van der Waals surface area contributed by atoms with Crippen molar-refractivity contribution in [1.82, 2.24) is 10.6 Å². The predicted molar refractivity (Wildman–Crippen MR) is 59.9 cm³/mol. The molecule has 0 bridgehead atoms. The molecule has 0 spiro atoms. The molecule has 1 aliphatic rings. The molecule has 1 heterocycles. The molecule has 2 N–H and O–H groups in total. The van der Waals surface area contributed by atoms with Crippen LogP contribution in [0, 0.1) is 0 Å². The van der Waals surface area contributed by atoms with Crippen LogP contribution in [0.2, 0.25) is 0 Å². The number of unbranched alkanes of at least 4 members (excludes halogenated alkanes) is 1. The van der Waals surface area contributed by atoms with E-state index in [9.17, 15) is 9.59 Å². The fourth-order valence-electron chi connectivity index (χ4n) is 1.55. The van der Waals surface area contributed by atoms with Crippen LogP contribution in [0.25, 0.3) is 0 Å². The van der Waals surface area contributed by atoms with Gasteiger partial charge in [0.05, 0.1) is 19.2 Å². The van der Waals surface area contributed by atoms with E-state index < -0.39 is 0 Å². The molecule has 0 aromatic carbocycles. The molecule has 5 heteroatoms. The maximum atomic E-state index is 11.3. The zero-order valence-electron chi connectivity index (χ0n) is 9.75. The molecule has 1 unspecified atom stereocenters. The second kappa shape index (κ2) is 7.22. The van der Waals surface area contributed by atoms with Crippen LogP contribution in [-0.2, 0) is 14.3 Å². The van der Waals surface area contributed by atoms with Gasteiger partial charge < -0.3 is 10.1 Å². The molecular weight excluding hydrogens is 208 g/mol. The number of carbonyl (C=O) groups is 2. The van der Waals surface area contributed by atoms with Gasteiger partial charge in [-0.25, -0.2) is 0 Å². The number of hydrogen-bond acceptors (Lipinski definition) is 4. The van der Waals surface area contributed by atoms with Crippen LogP contribution in [-0.4, -0.2) is 37.6 Å². The van der Waals surface area contributed by atoms with Crippen molar-refractivity contribution in [3.05, 3.63) is 0 Å². The molecule has 0 aromatic rings. The quantitative estimate of drug-likeness (QED) is 0.503. The van der Waals surface area contributed by atoms with Gasteiger partial charge in [0, 0.05) is 6.54 Å². The summed E-state index contributed by atoms with van der Waals surface area (Å²) in [6.07, 6.45) is 3.63. The van der Waals surface area contributed by atoms with Gasteiger partial charge in [-0.1, -0.05) is 13.3 Å². The first-order valence-electron chi connectivity index (χ1n) is 5.90. The molecule has 0 radical (unpaired) electrons. The third-order valence-corrected chi connectivity index (χ3v) is 2.54. The van der Waals surface area contributed by atoms with Gasteiger partial charge in [-0.05, 0) is 19.3 Å². The van der Waals surface area contributed by atoms with Gasteiger partial charge in [0.1, 0.15) is 0 Å². The Balaban J connectivity index is 2.12. The molecule has 92 valence electrons. The number of piperidine rings is 1. The van der Waals surface area contributed by atoms with E-state index in [1.807, 2.05) is 6.92 Å². The van der Waals surface area contributed by atoms with Gasteiger partial charge >= 0.3 is 5.97 Å². The first-order valence-corrected chi connectivity index (χ1v) is 5.90. The highest BCUT2D eigenvalue weighted by Crippen LogP contribution is 2.02. The summed E-state index contributed by atoms with van der Waals surface area (Å²) in [5.74, 6) is -0.306. The highest BCUT2D eigenvalue weighted by atomic mass is 16.5. The Kier molecular flexibility index (Phi) is 5.85. The van der Waals surface area contributed by atoms with Crippen molar-refractivity contribution in [2.75, 3.05) is 19.7 Å². The van der Waals surface area contributed by atoms with Gasteiger partial charge in [0.2, 0.25) is 5.91 Å². The lowest BCUT2D eigenvalue weighted by Gasteiger charge is -2.22. The van der Waals surface area contributed by atoms with E-state index in [2.05, 4.69) is 10.6 Å². The van der Waals surface area contributed by atoms with Crippen molar-refractivity contribution >= 4 is 11.9 Å². The summed E-state index contributed by atoms with van der Waals surface area (Å²) in [6.45, 7) is 3.35. The zero-order chi connectivity index (χ0) is 11.8. The summed E-state index contributed by atoms with van der Waals surface area (Å²) >= 11 is 0. The summed E-state index contributed by atoms with van der Waals surface area (Å²) in [7, 11) is 0. The van der Waals surface area contributed by atoms with Crippen LogP contribution < -0.4 is 10.6 Å². The summed E-state index contributed by atoms with van der Waals surface area (Å²) < 4.78 is 4.98. The van der Waals surface area contributed by atoms with Gasteiger partial charge in [-0.15, -0.1) is 0 Å². The van der Waals surface area contributed by atoms with Crippen molar-refractivity contribution < 1.29 is 14.3 Å². The van der Waals surface area contributed by atoms with Gasteiger partial charge in [-0.2, -0.15) is 0 Å². The number of rotatable bonds is 6. The normalized spacial score (nSPS) is 20.3. The molecule has 1 saturated heterocycles. The van der Waals surface area contributed by atoms with E-state index in [4.69, 9.17) is 4.74 Å². The maximum Gasteiger partial charge on any atom is 0.319 e. The topological polar surface area (TPSA) is 67.4 Å². The average molecular weight is 228 g/mol. The molecule has 5 nitrogen and oxygen atoms in total. The SMILES string of the molecule is CCCCOC(=O)CNC1CCCNC1=O. The third-order valence-electron chi connectivity index (χ3n) is 2.54. The van der Waals surface area contributed by atoms with Crippen molar-refractivity contribution in [1.29, 1.82) is 0 Å². The highest BCUT2D eigenvalue weighted by Gasteiger charge is 2.21.